The first-order chi connectivity index (χ1) is 12.0. The van der Waals surface area contributed by atoms with Gasteiger partial charge in [-0.15, -0.1) is 0 Å². The molecule has 25 heavy (non-hydrogen) atoms. The van der Waals surface area contributed by atoms with Gasteiger partial charge in [-0.2, -0.15) is 0 Å². The van der Waals surface area contributed by atoms with Crippen molar-refractivity contribution in [2.24, 2.45) is 17.8 Å². The smallest absolute Gasteiger partial charge is 0.163 e. The van der Waals surface area contributed by atoms with E-state index in [4.69, 9.17) is 14.2 Å². The molecule has 1 aliphatic heterocycles. The van der Waals surface area contributed by atoms with Crippen molar-refractivity contribution in [2.45, 2.75) is 63.9 Å². The number of methoxy groups -OCH3 is 1. The SMILES string of the molecule is COc1cccc2c1C[C@H]1C[C@@H](O)[C@H](CCC3COC(C)(C)O3)[C@H]1C2. The molecule has 1 aromatic rings. The van der Waals surface area contributed by atoms with Crippen LogP contribution < -0.4 is 4.74 Å². The van der Waals surface area contributed by atoms with Gasteiger partial charge in [-0.25, -0.2) is 0 Å². The molecule has 4 heteroatoms. The van der Waals surface area contributed by atoms with Gasteiger partial charge in [0.05, 0.1) is 25.9 Å². The summed E-state index contributed by atoms with van der Waals surface area (Å²) < 4.78 is 17.2. The fourth-order valence-electron chi connectivity index (χ4n) is 5.28. The Morgan fingerprint density at radius 1 is 1.24 bits per heavy atom. The maximum atomic E-state index is 10.7. The van der Waals surface area contributed by atoms with Crippen LogP contribution in [-0.2, 0) is 22.3 Å². The lowest BCUT2D eigenvalue weighted by Crippen LogP contribution is -2.28. The summed E-state index contributed by atoms with van der Waals surface area (Å²) in [6.45, 7) is 4.61. The van der Waals surface area contributed by atoms with Crippen LogP contribution in [0.4, 0.5) is 0 Å². The van der Waals surface area contributed by atoms with Gasteiger partial charge in [0.2, 0.25) is 0 Å². The number of hydrogen-bond donors (Lipinski definition) is 1. The molecule has 0 bridgehead atoms. The van der Waals surface area contributed by atoms with Gasteiger partial charge in [0, 0.05) is 0 Å². The number of aliphatic hydroxyl groups excluding tert-OH is 1. The van der Waals surface area contributed by atoms with E-state index >= 15 is 0 Å². The standard InChI is InChI=1S/C21H30O4/c1-21(2)24-12-15(25-21)7-8-16-17-9-13-5-4-6-20(23-3)18(13)10-14(17)11-19(16)22/h4-6,14-17,19,22H,7-12H2,1-3H3/t14-,15?,16+,17-,19+/m0/s1. The summed E-state index contributed by atoms with van der Waals surface area (Å²) in [6.07, 6.45) is 4.98. The zero-order valence-corrected chi connectivity index (χ0v) is 15.5. The Bertz CT molecular complexity index is 626. The van der Waals surface area contributed by atoms with Crippen LogP contribution in [0.2, 0.25) is 0 Å². The first kappa shape index (κ1) is 17.3. The molecule has 2 fully saturated rings. The van der Waals surface area contributed by atoms with Gasteiger partial charge >= 0.3 is 0 Å². The highest BCUT2D eigenvalue weighted by atomic mass is 16.7. The molecule has 1 saturated carbocycles. The Hall–Kier alpha value is -1.10. The second-order valence-corrected chi connectivity index (χ2v) is 8.43. The Balaban J connectivity index is 1.44. The fraction of sp³-hybridized carbons (Fsp3) is 0.714. The minimum absolute atomic E-state index is 0.164. The van der Waals surface area contributed by atoms with Crippen LogP contribution in [0.15, 0.2) is 18.2 Å². The van der Waals surface area contributed by atoms with Crippen molar-refractivity contribution in [2.75, 3.05) is 13.7 Å². The van der Waals surface area contributed by atoms with E-state index in [2.05, 4.69) is 18.2 Å². The van der Waals surface area contributed by atoms with Gasteiger partial charge in [0.1, 0.15) is 5.75 Å². The van der Waals surface area contributed by atoms with Gasteiger partial charge in [-0.1, -0.05) is 12.1 Å². The average molecular weight is 346 g/mol. The van der Waals surface area contributed by atoms with Crippen molar-refractivity contribution in [1.82, 2.24) is 0 Å². The lowest BCUT2D eigenvalue weighted by atomic mass is 9.73. The average Bonchev–Trinajstić information content (AvgIpc) is 3.08. The van der Waals surface area contributed by atoms with Gasteiger partial charge in [-0.05, 0) is 80.9 Å². The van der Waals surface area contributed by atoms with Gasteiger partial charge in [0.25, 0.3) is 0 Å². The van der Waals surface area contributed by atoms with E-state index in [1.165, 1.54) is 11.1 Å². The molecule has 0 amide bonds. The molecule has 5 atom stereocenters. The highest BCUT2D eigenvalue weighted by Gasteiger charge is 2.45. The maximum absolute atomic E-state index is 10.7. The number of hydrogen-bond acceptors (Lipinski definition) is 4. The summed E-state index contributed by atoms with van der Waals surface area (Å²) in [7, 11) is 1.75. The number of aliphatic hydroxyl groups is 1. The minimum Gasteiger partial charge on any atom is -0.496 e. The quantitative estimate of drug-likeness (QED) is 0.908. The summed E-state index contributed by atoms with van der Waals surface area (Å²) in [6, 6.07) is 6.37. The largest absolute Gasteiger partial charge is 0.496 e. The van der Waals surface area contributed by atoms with E-state index in [9.17, 15) is 5.11 Å². The van der Waals surface area contributed by atoms with E-state index in [0.717, 1.165) is 37.9 Å². The second kappa shape index (κ2) is 6.57. The molecule has 0 radical (unpaired) electrons. The third-order valence-electron chi connectivity index (χ3n) is 6.46. The van der Waals surface area contributed by atoms with E-state index in [-0.39, 0.29) is 12.2 Å². The maximum Gasteiger partial charge on any atom is 0.163 e. The number of benzene rings is 1. The van der Waals surface area contributed by atoms with Crippen LogP contribution in [-0.4, -0.2) is 36.8 Å². The van der Waals surface area contributed by atoms with Crippen LogP contribution >= 0.6 is 0 Å². The van der Waals surface area contributed by atoms with Gasteiger partial charge in [0.15, 0.2) is 5.79 Å². The number of rotatable bonds is 4. The molecule has 1 saturated heterocycles. The third kappa shape index (κ3) is 3.32. The Morgan fingerprint density at radius 3 is 2.80 bits per heavy atom. The van der Waals surface area contributed by atoms with Crippen LogP contribution in [0.3, 0.4) is 0 Å². The van der Waals surface area contributed by atoms with Crippen molar-refractivity contribution in [3.8, 4) is 5.75 Å². The van der Waals surface area contributed by atoms with E-state index in [1.54, 1.807) is 7.11 Å². The van der Waals surface area contributed by atoms with Crippen LogP contribution in [0.1, 0.15) is 44.2 Å². The zero-order valence-electron chi connectivity index (χ0n) is 15.5. The molecular weight excluding hydrogens is 316 g/mol. The molecule has 1 N–H and O–H groups in total. The predicted molar refractivity (Wildman–Crippen MR) is 95.6 cm³/mol. The molecule has 4 nitrogen and oxygen atoms in total. The van der Waals surface area contributed by atoms with Crippen LogP contribution in [0.25, 0.3) is 0 Å². The monoisotopic (exact) mass is 346 g/mol. The Kier molecular flexibility index (Phi) is 4.55. The summed E-state index contributed by atoms with van der Waals surface area (Å²) in [5.74, 6) is 2.07. The van der Waals surface area contributed by atoms with Crippen molar-refractivity contribution in [3.05, 3.63) is 29.3 Å². The summed E-state index contributed by atoms with van der Waals surface area (Å²) in [5.41, 5.74) is 2.76. The molecular formula is C21H30O4. The van der Waals surface area contributed by atoms with Crippen molar-refractivity contribution >= 4 is 0 Å². The number of ether oxygens (including phenoxy) is 3. The molecule has 1 heterocycles. The summed E-state index contributed by atoms with van der Waals surface area (Å²) in [4.78, 5) is 0. The Morgan fingerprint density at radius 2 is 2.08 bits per heavy atom. The molecule has 0 spiro atoms. The lowest BCUT2D eigenvalue weighted by molar-refractivity contribution is -0.139. The summed E-state index contributed by atoms with van der Waals surface area (Å²) >= 11 is 0. The van der Waals surface area contributed by atoms with Gasteiger partial charge < -0.3 is 19.3 Å². The van der Waals surface area contributed by atoms with E-state index in [1.807, 2.05) is 13.8 Å². The molecule has 4 rings (SSSR count). The summed E-state index contributed by atoms with van der Waals surface area (Å²) in [5, 5.41) is 10.7. The highest BCUT2D eigenvalue weighted by Crippen LogP contribution is 2.48. The predicted octanol–water partition coefficient (Wildman–Crippen LogP) is 3.34. The number of fused-ring (bicyclic) bond motifs is 2. The molecule has 1 aromatic carbocycles. The van der Waals surface area contributed by atoms with Crippen LogP contribution in [0, 0.1) is 17.8 Å². The third-order valence-corrected chi connectivity index (χ3v) is 6.46. The highest BCUT2D eigenvalue weighted by molar-refractivity contribution is 5.43. The van der Waals surface area contributed by atoms with Crippen molar-refractivity contribution in [3.63, 3.8) is 0 Å². The molecule has 1 unspecified atom stereocenters. The molecule has 0 aromatic heterocycles. The van der Waals surface area contributed by atoms with Crippen LogP contribution in [0.5, 0.6) is 5.75 Å². The minimum atomic E-state index is -0.457. The van der Waals surface area contributed by atoms with E-state index in [0.29, 0.717) is 24.4 Å². The first-order valence-electron chi connectivity index (χ1n) is 9.61. The fourth-order valence-corrected chi connectivity index (χ4v) is 5.28. The normalized spacial score (nSPS) is 36.1. The van der Waals surface area contributed by atoms with E-state index < -0.39 is 5.79 Å². The van der Waals surface area contributed by atoms with Crippen molar-refractivity contribution < 1.29 is 19.3 Å². The second-order valence-electron chi connectivity index (χ2n) is 8.43. The Labute approximate surface area is 150 Å². The topological polar surface area (TPSA) is 47.9 Å². The molecule has 3 aliphatic rings. The van der Waals surface area contributed by atoms with Gasteiger partial charge in [-0.3, -0.25) is 0 Å². The zero-order chi connectivity index (χ0) is 17.6. The lowest BCUT2D eigenvalue weighted by Gasteiger charge is -2.32. The van der Waals surface area contributed by atoms with Crippen molar-refractivity contribution in [1.29, 1.82) is 0 Å². The molecule has 2 aliphatic carbocycles. The molecule has 138 valence electrons. The first-order valence-corrected chi connectivity index (χ1v) is 9.61.